The van der Waals surface area contributed by atoms with Gasteiger partial charge in [0.2, 0.25) is 0 Å². The van der Waals surface area contributed by atoms with Crippen molar-refractivity contribution in [2.24, 2.45) is 0 Å². The highest BCUT2D eigenvalue weighted by Crippen LogP contribution is 2.07. The van der Waals surface area contributed by atoms with E-state index < -0.39 is 17.5 Å². The summed E-state index contributed by atoms with van der Waals surface area (Å²) in [7, 11) is 0. The molecule has 0 radical (unpaired) electrons. The number of hydrogen-bond acceptors (Lipinski definition) is 3. The van der Waals surface area contributed by atoms with Crippen LogP contribution >= 0.6 is 0 Å². The summed E-state index contributed by atoms with van der Waals surface area (Å²) in [5, 5.41) is 2.47. The largest absolute Gasteiger partial charge is 0.444 e. The number of rotatable bonds is 2. The van der Waals surface area contributed by atoms with E-state index in [1.54, 1.807) is 20.8 Å². The van der Waals surface area contributed by atoms with Crippen LogP contribution in [0.1, 0.15) is 36.7 Å². The molecule has 0 saturated heterocycles. The zero-order valence-electron chi connectivity index (χ0n) is 11.6. The lowest BCUT2D eigenvalue weighted by molar-refractivity contribution is 0.0535. The number of aldehydes is 1. The number of halogens is 1. The summed E-state index contributed by atoms with van der Waals surface area (Å²) in [6, 6.07) is 3.99. The fourth-order valence-electron chi connectivity index (χ4n) is 1.29. The topological polar surface area (TPSA) is 55.4 Å². The van der Waals surface area contributed by atoms with Crippen molar-refractivity contribution in [1.82, 2.24) is 5.32 Å². The quantitative estimate of drug-likeness (QED) is 0.667. The lowest BCUT2D eigenvalue weighted by Gasteiger charge is -2.18. The summed E-state index contributed by atoms with van der Waals surface area (Å²) >= 11 is 0. The van der Waals surface area contributed by atoms with E-state index in [9.17, 15) is 14.0 Å². The number of ether oxygens (including phenoxy) is 1. The maximum absolute atomic E-state index is 13.1. The Morgan fingerprint density at radius 1 is 1.45 bits per heavy atom. The van der Waals surface area contributed by atoms with E-state index in [4.69, 9.17) is 4.74 Å². The number of hydrogen-bond donors (Lipinski definition) is 1. The minimum Gasteiger partial charge on any atom is -0.444 e. The van der Waals surface area contributed by atoms with Gasteiger partial charge in [-0.25, -0.2) is 9.18 Å². The fourth-order valence-corrected chi connectivity index (χ4v) is 1.29. The van der Waals surface area contributed by atoms with Gasteiger partial charge in [0, 0.05) is 5.56 Å². The van der Waals surface area contributed by atoms with Crippen LogP contribution in [-0.4, -0.2) is 24.5 Å². The smallest absolute Gasteiger partial charge is 0.408 e. The summed E-state index contributed by atoms with van der Waals surface area (Å²) in [6.07, 6.45) is -0.126. The molecule has 20 heavy (non-hydrogen) atoms. The Hall–Kier alpha value is -2.35. The van der Waals surface area contributed by atoms with Crippen LogP contribution in [0.2, 0.25) is 0 Å². The fraction of sp³-hybridized carbons (Fsp3) is 0.333. The molecule has 0 fully saturated rings. The van der Waals surface area contributed by atoms with Gasteiger partial charge in [-0.2, -0.15) is 0 Å². The molecule has 1 aromatic rings. The van der Waals surface area contributed by atoms with Gasteiger partial charge in [0.15, 0.2) is 6.29 Å². The molecule has 0 bridgehead atoms. The second-order valence-corrected chi connectivity index (χ2v) is 5.01. The van der Waals surface area contributed by atoms with Crippen LogP contribution in [0.3, 0.4) is 0 Å². The molecule has 0 aliphatic rings. The number of carbonyl (C=O) groups is 2. The van der Waals surface area contributed by atoms with Crippen LogP contribution in [0, 0.1) is 17.7 Å². The van der Waals surface area contributed by atoms with Crippen molar-refractivity contribution in [3.63, 3.8) is 0 Å². The predicted octanol–water partition coefficient (Wildman–Crippen LogP) is 2.51. The first-order chi connectivity index (χ1) is 9.31. The van der Waals surface area contributed by atoms with Gasteiger partial charge < -0.3 is 10.1 Å². The third-order valence-electron chi connectivity index (χ3n) is 2.08. The second kappa shape index (κ2) is 6.71. The minimum absolute atomic E-state index is 0.0445. The van der Waals surface area contributed by atoms with E-state index in [0.29, 0.717) is 11.8 Å². The zero-order chi connectivity index (χ0) is 15.2. The number of amides is 1. The van der Waals surface area contributed by atoms with Crippen molar-refractivity contribution in [2.45, 2.75) is 26.4 Å². The number of carbonyl (C=O) groups excluding carboxylic acids is 2. The molecule has 5 heteroatoms. The molecule has 0 saturated carbocycles. The molecule has 106 valence electrons. The van der Waals surface area contributed by atoms with Crippen molar-refractivity contribution < 1.29 is 18.7 Å². The number of alkyl carbamates (subject to hydrolysis) is 1. The molecule has 0 aromatic heterocycles. The number of nitrogens with one attached hydrogen (secondary N) is 1. The van der Waals surface area contributed by atoms with Gasteiger partial charge in [0.05, 0.1) is 12.1 Å². The van der Waals surface area contributed by atoms with Crippen LogP contribution in [0.4, 0.5) is 9.18 Å². The molecular weight excluding hydrogens is 261 g/mol. The van der Waals surface area contributed by atoms with Gasteiger partial charge in [-0.15, -0.1) is 0 Å². The normalized spacial score (nSPS) is 10.2. The van der Waals surface area contributed by atoms with E-state index in [0.717, 1.165) is 0 Å². The summed E-state index contributed by atoms with van der Waals surface area (Å²) in [4.78, 5) is 21.9. The van der Waals surface area contributed by atoms with Crippen molar-refractivity contribution in [1.29, 1.82) is 0 Å². The van der Waals surface area contributed by atoms with Gasteiger partial charge in [0.25, 0.3) is 0 Å². The molecule has 1 N–H and O–H groups in total. The molecule has 1 aromatic carbocycles. The summed E-state index contributed by atoms with van der Waals surface area (Å²) in [5.74, 6) is 4.82. The summed E-state index contributed by atoms with van der Waals surface area (Å²) < 4.78 is 18.1. The summed E-state index contributed by atoms with van der Waals surface area (Å²) in [6.45, 7) is 5.38. The minimum atomic E-state index is -0.586. The van der Waals surface area contributed by atoms with Crippen LogP contribution in [0.25, 0.3) is 0 Å². The highest BCUT2D eigenvalue weighted by atomic mass is 19.1. The second-order valence-electron chi connectivity index (χ2n) is 5.01. The first-order valence-electron chi connectivity index (χ1n) is 6.02. The van der Waals surface area contributed by atoms with E-state index in [-0.39, 0.29) is 12.1 Å². The maximum Gasteiger partial charge on any atom is 0.408 e. The highest BCUT2D eigenvalue weighted by Gasteiger charge is 2.14. The van der Waals surface area contributed by atoms with Gasteiger partial charge in [-0.05, 0) is 39.0 Å². The molecular formula is C15H16FNO3. The molecule has 0 aliphatic carbocycles. The van der Waals surface area contributed by atoms with Crippen LogP contribution < -0.4 is 5.32 Å². The van der Waals surface area contributed by atoms with E-state index in [1.165, 1.54) is 18.2 Å². The van der Waals surface area contributed by atoms with Gasteiger partial charge >= 0.3 is 6.09 Å². The molecule has 4 nitrogen and oxygen atoms in total. The Kier molecular flexibility index (Phi) is 5.27. The first kappa shape index (κ1) is 15.7. The van der Waals surface area contributed by atoms with Gasteiger partial charge in [-0.1, -0.05) is 11.8 Å². The third-order valence-corrected chi connectivity index (χ3v) is 2.08. The monoisotopic (exact) mass is 277 g/mol. The van der Waals surface area contributed by atoms with Crippen LogP contribution in [0.15, 0.2) is 18.2 Å². The summed E-state index contributed by atoms with van der Waals surface area (Å²) in [5.41, 5.74) is -0.107. The van der Waals surface area contributed by atoms with E-state index in [2.05, 4.69) is 17.2 Å². The Balaban J connectivity index is 2.55. The molecule has 0 spiro atoms. The maximum atomic E-state index is 13.1. The zero-order valence-corrected chi connectivity index (χ0v) is 11.6. The van der Waals surface area contributed by atoms with Crippen molar-refractivity contribution in [3.05, 3.63) is 35.1 Å². The van der Waals surface area contributed by atoms with Crippen LogP contribution in [-0.2, 0) is 4.74 Å². The Morgan fingerprint density at radius 3 is 2.75 bits per heavy atom. The Labute approximate surface area is 117 Å². The SMILES string of the molecule is CC(C)(C)OC(=O)NCC#Cc1ccc(F)c(C=O)c1. The molecule has 0 unspecified atom stereocenters. The average molecular weight is 277 g/mol. The average Bonchev–Trinajstić information content (AvgIpc) is 2.34. The van der Waals surface area contributed by atoms with Crippen LogP contribution in [0.5, 0.6) is 0 Å². The molecule has 1 amide bonds. The van der Waals surface area contributed by atoms with Gasteiger partial charge in [-0.3, -0.25) is 4.79 Å². The van der Waals surface area contributed by atoms with Gasteiger partial charge in [0.1, 0.15) is 11.4 Å². The van der Waals surface area contributed by atoms with E-state index in [1.807, 2.05) is 0 Å². The van der Waals surface area contributed by atoms with Crippen molar-refractivity contribution in [3.8, 4) is 11.8 Å². The van der Waals surface area contributed by atoms with Crippen molar-refractivity contribution in [2.75, 3.05) is 6.54 Å². The Bertz CT molecular complexity index is 565. The third kappa shape index (κ3) is 5.53. The lowest BCUT2D eigenvalue weighted by atomic mass is 10.1. The predicted molar refractivity (Wildman–Crippen MR) is 72.9 cm³/mol. The molecule has 0 atom stereocenters. The van der Waals surface area contributed by atoms with E-state index >= 15 is 0 Å². The number of benzene rings is 1. The highest BCUT2D eigenvalue weighted by molar-refractivity contribution is 5.76. The van der Waals surface area contributed by atoms with Crippen molar-refractivity contribution >= 4 is 12.4 Å². The molecule has 0 heterocycles. The molecule has 0 aliphatic heterocycles. The first-order valence-corrected chi connectivity index (χ1v) is 6.02. The standard InChI is InChI=1S/C15H16FNO3/c1-15(2,3)20-14(19)17-8-4-5-11-6-7-13(16)12(9-11)10-18/h6-7,9-10H,8H2,1-3H3,(H,17,19). The Morgan fingerprint density at radius 2 is 2.15 bits per heavy atom. The molecule has 1 rings (SSSR count). The lowest BCUT2D eigenvalue weighted by Crippen LogP contribution is -2.32.